The molecule has 0 aliphatic carbocycles. The lowest BCUT2D eigenvalue weighted by molar-refractivity contribution is 0.127. The fourth-order valence-corrected chi connectivity index (χ4v) is 5.40. The second kappa shape index (κ2) is 6.45. The van der Waals surface area contributed by atoms with Gasteiger partial charge in [0.1, 0.15) is 0 Å². The lowest BCUT2D eigenvalue weighted by Crippen LogP contribution is -2.48. The smallest absolute Gasteiger partial charge is 0.407 e. The van der Waals surface area contributed by atoms with E-state index in [2.05, 4.69) is 23.1 Å². The van der Waals surface area contributed by atoms with Crippen molar-refractivity contribution < 1.29 is 9.90 Å². The zero-order valence-electron chi connectivity index (χ0n) is 15.2. The Morgan fingerprint density at radius 3 is 2.81 bits per heavy atom. The van der Waals surface area contributed by atoms with E-state index in [9.17, 15) is 9.90 Å². The lowest BCUT2D eigenvalue weighted by atomic mass is 9.86. The molecule has 0 unspecified atom stereocenters. The SMILES string of the molecule is O=C(O)N1CC[C@H]2[C@@H](C1)c1cc(-c3cccc(Cl)c3)cc3c1N2CCCC3. The summed E-state index contributed by atoms with van der Waals surface area (Å²) in [6, 6.07) is 13.1. The van der Waals surface area contributed by atoms with Crippen LogP contribution in [0.25, 0.3) is 11.1 Å². The molecule has 0 spiro atoms. The second-order valence-corrected chi connectivity index (χ2v) is 8.36. The van der Waals surface area contributed by atoms with Gasteiger partial charge in [-0.3, -0.25) is 0 Å². The lowest BCUT2D eigenvalue weighted by Gasteiger charge is -2.37. The molecular weight excluding hydrogens is 360 g/mol. The fraction of sp³-hybridized carbons (Fsp3) is 0.409. The molecule has 4 nitrogen and oxygen atoms in total. The van der Waals surface area contributed by atoms with Gasteiger partial charge in [0.15, 0.2) is 0 Å². The number of piperidine rings is 1. The van der Waals surface area contributed by atoms with Gasteiger partial charge in [0.2, 0.25) is 0 Å². The minimum atomic E-state index is -0.799. The van der Waals surface area contributed by atoms with Crippen molar-refractivity contribution in [2.75, 3.05) is 24.5 Å². The minimum Gasteiger partial charge on any atom is -0.465 e. The number of carboxylic acid groups (broad SMARTS) is 1. The maximum Gasteiger partial charge on any atom is 0.407 e. The topological polar surface area (TPSA) is 43.8 Å². The van der Waals surface area contributed by atoms with Crippen molar-refractivity contribution in [3.8, 4) is 11.1 Å². The number of benzene rings is 2. The summed E-state index contributed by atoms with van der Waals surface area (Å²) >= 11 is 6.23. The standard InChI is InChI=1S/C22H23ClN2O2/c23-17-6-3-5-14(11-17)16-10-15-4-1-2-8-25-20-7-9-24(22(26)27)13-19(20)18(12-16)21(15)25/h3,5-6,10-12,19-20H,1-2,4,7-9,13H2,(H,26,27)/t19-,20-/m0/s1. The van der Waals surface area contributed by atoms with Crippen molar-refractivity contribution >= 4 is 23.4 Å². The van der Waals surface area contributed by atoms with Gasteiger partial charge in [-0.1, -0.05) is 23.7 Å². The minimum absolute atomic E-state index is 0.265. The summed E-state index contributed by atoms with van der Waals surface area (Å²) in [5, 5.41) is 10.2. The number of amides is 1. The molecule has 2 aromatic rings. The van der Waals surface area contributed by atoms with Crippen LogP contribution < -0.4 is 4.90 Å². The molecule has 5 heteroatoms. The van der Waals surface area contributed by atoms with Crippen LogP contribution in [0.15, 0.2) is 36.4 Å². The average molecular weight is 383 g/mol. The first-order valence-electron chi connectivity index (χ1n) is 9.79. The molecule has 3 heterocycles. The van der Waals surface area contributed by atoms with E-state index in [-0.39, 0.29) is 5.92 Å². The zero-order chi connectivity index (χ0) is 18.5. The van der Waals surface area contributed by atoms with Crippen molar-refractivity contribution in [2.24, 2.45) is 0 Å². The Balaban J connectivity index is 1.64. The molecule has 0 bridgehead atoms. The molecule has 1 amide bonds. The van der Waals surface area contributed by atoms with Gasteiger partial charge < -0.3 is 14.9 Å². The van der Waals surface area contributed by atoms with Crippen molar-refractivity contribution in [1.82, 2.24) is 4.90 Å². The van der Waals surface area contributed by atoms with Gasteiger partial charge >= 0.3 is 6.09 Å². The molecule has 140 valence electrons. The molecule has 1 saturated heterocycles. The van der Waals surface area contributed by atoms with Crippen LogP contribution in [-0.2, 0) is 6.42 Å². The second-order valence-electron chi connectivity index (χ2n) is 7.93. The normalized spacial score (nSPS) is 23.6. The van der Waals surface area contributed by atoms with Gasteiger partial charge in [-0.05, 0) is 72.2 Å². The highest BCUT2D eigenvalue weighted by Crippen LogP contribution is 2.49. The van der Waals surface area contributed by atoms with Gasteiger partial charge in [-0.25, -0.2) is 4.79 Å². The fourth-order valence-electron chi connectivity index (χ4n) is 5.21. The predicted octanol–water partition coefficient (Wildman–Crippen LogP) is 5.00. The maximum atomic E-state index is 11.6. The number of hydrogen-bond donors (Lipinski definition) is 1. The highest BCUT2D eigenvalue weighted by molar-refractivity contribution is 6.30. The average Bonchev–Trinajstić information content (AvgIpc) is 2.82. The summed E-state index contributed by atoms with van der Waals surface area (Å²) in [7, 11) is 0. The van der Waals surface area contributed by atoms with Crippen LogP contribution in [-0.4, -0.2) is 41.8 Å². The third-order valence-electron chi connectivity index (χ3n) is 6.41. The number of halogens is 1. The van der Waals surface area contributed by atoms with Crippen LogP contribution in [0.3, 0.4) is 0 Å². The molecule has 1 fully saturated rings. The van der Waals surface area contributed by atoms with E-state index in [1.165, 1.54) is 35.2 Å². The van der Waals surface area contributed by atoms with Crippen molar-refractivity contribution in [1.29, 1.82) is 0 Å². The molecule has 3 aliphatic rings. The Bertz CT molecular complexity index is 913. The van der Waals surface area contributed by atoms with Gasteiger partial charge in [0, 0.05) is 42.3 Å². The largest absolute Gasteiger partial charge is 0.465 e. The number of anilines is 1. The highest BCUT2D eigenvalue weighted by Gasteiger charge is 2.44. The Morgan fingerprint density at radius 1 is 1.11 bits per heavy atom. The summed E-state index contributed by atoms with van der Waals surface area (Å²) in [5.74, 6) is 0.265. The first kappa shape index (κ1) is 16.9. The molecule has 2 atom stereocenters. The van der Waals surface area contributed by atoms with Crippen LogP contribution in [0.4, 0.5) is 10.5 Å². The first-order chi connectivity index (χ1) is 13.1. The number of rotatable bonds is 1. The van der Waals surface area contributed by atoms with E-state index in [4.69, 9.17) is 11.6 Å². The summed E-state index contributed by atoms with van der Waals surface area (Å²) in [6.45, 7) is 2.32. The third kappa shape index (κ3) is 2.78. The molecule has 0 saturated carbocycles. The maximum absolute atomic E-state index is 11.6. The third-order valence-corrected chi connectivity index (χ3v) is 6.64. The molecule has 0 aromatic heterocycles. The predicted molar refractivity (Wildman–Crippen MR) is 108 cm³/mol. The number of nitrogens with zero attached hydrogens (tertiary/aromatic N) is 2. The Morgan fingerprint density at radius 2 is 2.00 bits per heavy atom. The van der Waals surface area contributed by atoms with Crippen LogP contribution in [0, 0.1) is 0 Å². The number of fused-ring (bicyclic) bond motifs is 3. The molecule has 3 aliphatic heterocycles. The van der Waals surface area contributed by atoms with Gasteiger partial charge in [0.05, 0.1) is 0 Å². The molecule has 0 radical (unpaired) electrons. The highest BCUT2D eigenvalue weighted by atomic mass is 35.5. The molecule has 27 heavy (non-hydrogen) atoms. The summed E-state index contributed by atoms with van der Waals surface area (Å²) in [5.41, 5.74) is 6.46. The number of hydrogen-bond acceptors (Lipinski definition) is 2. The van der Waals surface area contributed by atoms with E-state index in [0.29, 0.717) is 19.1 Å². The van der Waals surface area contributed by atoms with Gasteiger partial charge in [-0.15, -0.1) is 0 Å². The summed E-state index contributed by atoms with van der Waals surface area (Å²) < 4.78 is 0. The number of aryl methyl sites for hydroxylation is 1. The summed E-state index contributed by atoms with van der Waals surface area (Å²) in [6.07, 6.45) is 3.62. The van der Waals surface area contributed by atoms with E-state index >= 15 is 0 Å². The number of carbonyl (C=O) groups is 1. The Hall–Kier alpha value is -2.20. The molecule has 2 aromatic carbocycles. The van der Waals surface area contributed by atoms with Gasteiger partial charge in [0.25, 0.3) is 0 Å². The van der Waals surface area contributed by atoms with E-state index in [1.54, 1.807) is 4.90 Å². The Kier molecular flexibility index (Phi) is 4.05. The van der Waals surface area contributed by atoms with Gasteiger partial charge in [-0.2, -0.15) is 0 Å². The Labute approximate surface area is 164 Å². The van der Waals surface area contributed by atoms with E-state index in [1.807, 2.05) is 18.2 Å². The van der Waals surface area contributed by atoms with Crippen molar-refractivity contribution in [3.63, 3.8) is 0 Å². The number of likely N-dealkylation sites (tertiary alicyclic amines) is 1. The molecular formula is C22H23ClN2O2. The van der Waals surface area contributed by atoms with Crippen LogP contribution in [0.1, 0.15) is 36.3 Å². The molecule has 1 N–H and O–H groups in total. The van der Waals surface area contributed by atoms with Crippen molar-refractivity contribution in [3.05, 3.63) is 52.5 Å². The quantitative estimate of drug-likeness (QED) is 0.754. The monoisotopic (exact) mass is 382 g/mol. The summed E-state index contributed by atoms with van der Waals surface area (Å²) in [4.78, 5) is 15.7. The molecule has 5 rings (SSSR count). The van der Waals surface area contributed by atoms with E-state index in [0.717, 1.165) is 30.0 Å². The van der Waals surface area contributed by atoms with Crippen LogP contribution >= 0.6 is 11.6 Å². The van der Waals surface area contributed by atoms with E-state index < -0.39 is 6.09 Å². The van der Waals surface area contributed by atoms with Crippen LogP contribution in [0.5, 0.6) is 0 Å². The zero-order valence-corrected chi connectivity index (χ0v) is 16.0. The first-order valence-corrected chi connectivity index (χ1v) is 10.2. The van der Waals surface area contributed by atoms with Crippen LogP contribution in [0.2, 0.25) is 5.02 Å². The van der Waals surface area contributed by atoms with Crippen molar-refractivity contribution in [2.45, 2.75) is 37.6 Å².